The van der Waals surface area contributed by atoms with Crippen LogP contribution in [0.4, 0.5) is 8.78 Å². The Bertz CT molecular complexity index is 1710. The van der Waals surface area contributed by atoms with Gasteiger partial charge in [0.15, 0.2) is 5.82 Å². The van der Waals surface area contributed by atoms with Crippen LogP contribution in [0.15, 0.2) is 65.7 Å². The molecule has 2 saturated carbocycles. The lowest BCUT2D eigenvalue weighted by atomic mass is 9.95. The number of rotatable bonds is 10. The molecule has 3 aromatic rings. The van der Waals surface area contributed by atoms with Crippen molar-refractivity contribution in [3.05, 3.63) is 100 Å². The summed E-state index contributed by atoms with van der Waals surface area (Å²) in [5.74, 6) is -0.951. The third-order valence-corrected chi connectivity index (χ3v) is 7.98. The number of allylic oxidation sites excluding steroid dienone is 6. The van der Waals surface area contributed by atoms with Crippen LogP contribution in [0.1, 0.15) is 73.0 Å². The van der Waals surface area contributed by atoms with Crippen LogP contribution in [0.2, 0.25) is 0 Å². The molecule has 1 radical (unpaired) electrons. The largest absolute Gasteiger partial charge is 0.480 e. The van der Waals surface area contributed by atoms with Crippen molar-refractivity contribution < 1.29 is 18.3 Å². The zero-order valence-electron chi connectivity index (χ0n) is 24.5. The SMILES string of the molecule is [CH]=C=Cc1cc(OCc2ccc(C3=CC(C(C)(F)F)=CCC(C4CC4)=C3)c(C)c2)nc(-c2c(OC)ncnc2C2CC2)n1. The van der Waals surface area contributed by atoms with Gasteiger partial charge in [-0.05, 0) is 79.9 Å². The van der Waals surface area contributed by atoms with Crippen LogP contribution >= 0.6 is 0 Å². The van der Waals surface area contributed by atoms with Crippen LogP contribution in [-0.2, 0) is 6.61 Å². The average molecular weight is 580 g/mol. The number of aryl methyl sites for hydroxylation is 1. The van der Waals surface area contributed by atoms with E-state index in [1.54, 1.807) is 31.4 Å². The van der Waals surface area contributed by atoms with Gasteiger partial charge in [-0.25, -0.2) is 23.7 Å². The minimum atomic E-state index is -2.90. The van der Waals surface area contributed by atoms with Crippen LogP contribution in [-0.4, -0.2) is 33.0 Å². The molecule has 0 bridgehead atoms. The molecule has 0 unspecified atom stereocenters. The summed E-state index contributed by atoms with van der Waals surface area (Å²) in [7, 11) is 1.56. The summed E-state index contributed by atoms with van der Waals surface area (Å²) < 4.78 is 40.5. The highest BCUT2D eigenvalue weighted by Gasteiger charge is 2.32. The quantitative estimate of drug-likeness (QED) is 0.227. The van der Waals surface area contributed by atoms with Gasteiger partial charge >= 0.3 is 0 Å². The minimum Gasteiger partial charge on any atom is -0.480 e. The summed E-state index contributed by atoms with van der Waals surface area (Å²) in [5, 5.41) is 0. The van der Waals surface area contributed by atoms with Crippen molar-refractivity contribution in [2.75, 3.05) is 7.11 Å². The maximum atomic E-state index is 14.4. The molecule has 3 aliphatic carbocycles. The highest BCUT2D eigenvalue weighted by molar-refractivity contribution is 5.80. The Balaban J connectivity index is 1.28. The summed E-state index contributed by atoms with van der Waals surface area (Å²) in [4.78, 5) is 18.1. The maximum absolute atomic E-state index is 14.4. The summed E-state index contributed by atoms with van der Waals surface area (Å²) in [6.07, 6.45) is 13.4. The molecule has 0 saturated heterocycles. The van der Waals surface area contributed by atoms with E-state index in [0.717, 1.165) is 60.6 Å². The Kier molecular flexibility index (Phi) is 7.80. The molecule has 0 aliphatic heterocycles. The van der Waals surface area contributed by atoms with Crippen molar-refractivity contribution >= 4 is 11.6 Å². The number of alkyl halides is 2. The lowest BCUT2D eigenvalue weighted by Crippen LogP contribution is -2.12. The summed E-state index contributed by atoms with van der Waals surface area (Å²) in [6, 6.07) is 7.66. The first-order valence-electron chi connectivity index (χ1n) is 14.5. The van der Waals surface area contributed by atoms with Gasteiger partial charge in [0, 0.05) is 30.6 Å². The number of hydrogen-bond acceptors (Lipinski definition) is 6. The van der Waals surface area contributed by atoms with E-state index in [9.17, 15) is 8.78 Å². The minimum absolute atomic E-state index is 0.0608. The van der Waals surface area contributed by atoms with Gasteiger partial charge in [0.05, 0.1) is 18.5 Å². The van der Waals surface area contributed by atoms with E-state index in [2.05, 4.69) is 26.8 Å². The molecule has 2 aromatic heterocycles. The number of ether oxygens (including phenoxy) is 2. The fourth-order valence-corrected chi connectivity index (χ4v) is 5.45. The van der Waals surface area contributed by atoms with Crippen molar-refractivity contribution in [1.82, 2.24) is 19.9 Å². The Morgan fingerprint density at radius 1 is 1.07 bits per heavy atom. The van der Waals surface area contributed by atoms with Crippen molar-refractivity contribution in [3.8, 4) is 23.1 Å². The maximum Gasteiger partial charge on any atom is 0.270 e. The van der Waals surface area contributed by atoms with Crippen LogP contribution in [0.3, 0.4) is 0 Å². The molecule has 2 fully saturated rings. The van der Waals surface area contributed by atoms with Crippen molar-refractivity contribution in [2.45, 2.75) is 64.4 Å². The Morgan fingerprint density at radius 2 is 1.86 bits per heavy atom. The van der Waals surface area contributed by atoms with Crippen molar-refractivity contribution in [3.63, 3.8) is 0 Å². The molecule has 0 N–H and O–H groups in total. The third-order valence-electron chi connectivity index (χ3n) is 7.98. The second-order valence-electron chi connectivity index (χ2n) is 11.5. The topological polar surface area (TPSA) is 70.0 Å². The number of aromatic nitrogens is 4. The summed E-state index contributed by atoms with van der Waals surface area (Å²) in [6.45, 7) is 8.76. The molecular weight excluding hydrogens is 546 g/mol. The number of benzene rings is 1. The first-order valence-corrected chi connectivity index (χ1v) is 14.5. The molecule has 8 heteroatoms. The molecule has 2 heterocycles. The number of halogens is 2. The second-order valence-corrected chi connectivity index (χ2v) is 11.5. The predicted octanol–water partition coefficient (Wildman–Crippen LogP) is 8.01. The third kappa shape index (κ3) is 6.50. The molecule has 3 aliphatic rings. The van der Waals surface area contributed by atoms with Crippen LogP contribution < -0.4 is 9.47 Å². The standard InChI is InChI=1S/C35H33F2N4O2/c1-5-6-28-18-30(41-33(40-28)31-32(24-10-11-24)38-20-39-34(31)42-4)43-19-22-7-14-29(21(2)15-22)26-16-25(23-8-9-23)12-13-27(17-26)35(3,36)37/h1,6-7,13-18,20,23-24H,8-12,19H2,2-4H3. The molecule has 219 valence electrons. The fraction of sp³-hybridized carbons (Fsp3) is 0.343. The zero-order valence-corrected chi connectivity index (χ0v) is 24.5. The van der Waals surface area contributed by atoms with Gasteiger partial charge in [-0.15, -0.1) is 5.73 Å². The van der Waals surface area contributed by atoms with Gasteiger partial charge in [-0.1, -0.05) is 35.9 Å². The molecule has 0 amide bonds. The molecule has 0 atom stereocenters. The van der Waals surface area contributed by atoms with Gasteiger partial charge in [0.2, 0.25) is 11.8 Å². The highest BCUT2D eigenvalue weighted by atomic mass is 19.3. The van der Waals surface area contributed by atoms with Gasteiger partial charge in [0.1, 0.15) is 18.5 Å². The highest BCUT2D eigenvalue weighted by Crippen LogP contribution is 2.45. The van der Waals surface area contributed by atoms with Crippen molar-refractivity contribution in [2.24, 2.45) is 5.92 Å². The number of methoxy groups -OCH3 is 1. The van der Waals surface area contributed by atoms with Gasteiger partial charge in [-0.2, -0.15) is 4.98 Å². The van der Waals surface area contributed by atoms with E-state index in [0.29, 0.717) is 47.1 Å². The van der Waals surface area contributed by atoms with Crippen molar-refractivity contribution in [1.29, 1.82) is 0 Å². The molecule has 6 rings (SSSR count). The first-order chi connectivity index (χ1) is 20.7. The van der Waals surface area contributed by atoms with E-state index in [1.165, 1.54) is 11.9 Å². The molecule has 43 heavy (non-hydrogen) atoms. The molecular formula is C35H33F2N4O2. The van der Waals surface area contributed by atoms with E-state index >= 15 is 0 Å². The van der Waals surface area contributed by atoms with Gasteiger partial charge in [-0.3, -0.25) is 0 Å². The molecule has 6 nitrogen and oxygen atoms in total. The Hall–Kier alpha value is -4.42. The van der Waals surface area contributed by atoms with E-state index in [4.69, 9.17) is 21.0 Å². The van der Waals surface area contributed by atoms with E-state index in [1.807, 2.05) is 25.1 Å². The molecule has 0 spiro atoms. The zero-order chi connectivity index (χ0) is 30.1. The van der Waals surface area contributed by atoms with Gasteiger partial charge < -0.3 is 9.47 Å². The Morgan fingerprint density at radius 3 is 2.53 bits per heavy atom. The summed E-state index contributed by atoms with van der Waals surface area (Å²) >= 11 is 0. The lowest BCUT2D eigenvalue weighted by Gasteiger charge is -2.15. The number of nitrogens with zero attached hydrogens (tertiary/aromatic N) is 4. The monoisotopic (exact) mass is 579 g/mol. The average Bonchev–Trinajstić information content (AvgIpc) is 3.88. The van der Waals surface area contributed by atoms with Crippen LogP contribution in [0.25, 0.3) is 23.0 Å². The smallest absolute Gasteiger partial charge is 0.270 e. The first kappa shape index (κ1) is 28.7. The van der Waals surface area contributed by atoms with E-state index < -0.39 is 5.92 Å². The van der Waals surface area contributed by atoms with Crippen LogP contribution in [0.5, 0.6) is 11.8 Å². The van der Waals surface area contributed by atoms with Crippen LogP contribution in [0, 0.1) is 19.4 Å². The fourth-order valence-electron chi connectivity index (χ4n) is 5.45. The van der Waals surface area contributed by atoms with Gasteiger partial charge in [0.25, 0.3) is 5.92 Å². The summed E-state index contributed by atoms with van der Waals surface area (Å²) in [5.41, 5.74) is 9.47. The predicted molar refractivity (Wildman–Crippen MR) is 161 cm³/mol. The normalized spacial score (nSPS) is 16.8. The second kappa shape index (κ2) is 11.7. The lowest BCUT2D eigenvalue weighted by molar-refractivity contribution is 0.0673. The number of hydrogen-bond donors (Lipinski definition) is 0. The molecule has 1 aromatic carbocycles. The van der Waals surface area contributed by atoms with E-state index in [-0.39, 0.29) is 12.2 Å². The Labute approximate surface area is 250 Å².